The van der Waals surface area contributed by atoms with Crippen molar-refractivity contribution in [2.75, 3.05) is 6.61 Å². The molecule has 1 aromatic carbocycles. The van der Waals surface area contributed by atoms with Gasteiger partial charge in [0.15, 0.2) is 5.75 Å². The highest BCUT2D eigenvalue weighted by Crippen LogP contribution is 2.32. The van der Waals surface area contributed by atoms with Crippen LogP contribution in [0.15, 0.2) is 12.1 Å². The summed E-state index contributed by atoms with van der Waals surface area (Å²) in [6.07, 6.45) is 0.794. The number of ether oxygens (including phenoxy) is 1. The first kappa shape index (κ1) is 11.8. The molecule has 0 aliphatic rings. The molecule has 0 radical (unpaired) electrons. The van der Waals surface area contributed by atoms with E-state index in [4.69, 9.17) is 16.3 Å². The van der Waals surface area contributed by atoms with Crippen LogP contribution in [0.3, 0.4) is 0 Å². The van der Waals surface area contributed by atoms with Crippen LogP contribution in [-0.4, -0.2) is 11.5 Å². The second-order valence-corrected chi connectivity index (χ2v) is 3.58. The lowest BCUT2D eigenvalue weighted by atomic mass is 10.2. The van der Waals surface area contributed by atoms with Gasteiger partial charge >= 0.3 is 5.69 Å². The number of nitro groups is 1. The van der Waals surface area contributed by atoms with Gasteiger partial charge in [-0.1, -0.05) is 18.5 Å². The molecule has 15 heavy (non-hydrogen) atoms. The van der Waals surface area contributed by atoms with Crippen LogP contribution in [-0.2, 0) is 0 Å². The van der Waals surface area contributed by atoms with Crippen LogP contribution >= 0.6 is 11.6 Å². The van der Waals surface area contributed by atoms with Gasteiger partial charge in [-0.25, -0.2) is 0 Å². The number of aryl methyl sites for hydroxylation is 1. The summed E-state index contributed by atoms with van der Waals surface area (Å²) in [5, 5.41) is 11.2. The average molecular weight is 230 g/mol. The predicted octanol–water partition coefficient (Wildman–Crippen LogP) is 3.35. The highest BCUT2D eigenvalue weighted by molar-refractivity contribution is 6.31. The molecule has 0 bridgehead atoms. The molecule has 0 unspecified atom stereocenters. The Morgan fingerprint density at radius 1 is 1.53 bits per heavy atom. The lowest BCUT2D eigenvalue weighted by Crippen LogP contribution is -2.00. The molecule has 0 fully saturated rings. The standard InChI is InChI=1S/C10H12ClNO3/c1-3-4-15-10-6-8(11)7(2)5-9(10)12(13)14/h5-6H,3-4H2,1-2H3. The van der Waals surface area contributed by atoms with Gasteiger partial charge in [-0.2, -0.15) is 0 Å². The van der Waals surface area contributed by atoms with Gasteiger partial charge in [-0.15, -0.1) is 0 Å². The Morgan fingerprint density at radius 2 is 2.20 bits per heavy atom. The van der Waals surface area contributed by atoms with E-state index in [9.17, 15) is 10.1 Å². The maximum atomic E-state index is 10.7. The van der Waals surface area contributed by atoms with Crippen LogP contribution < -0.4 is 4.74 Å². The van der Waals surface area contributed by atoms with Gasteiger partial charge in [-0.3, -0.25) is 10.1 Å². The lowest BCUT2D eigenvalue weighted by Gasteiger charge is -2.07. The maximum Gasteiger partial charge on any atom is 0.311 e. The molecule has 0 aliphatic carbocycles. The van der Waals surface area contributed by atoms with E-state index in [1.807, 2.05) is 6.92 Å². The van der Waals surface area contributed by atoms with Gasteiger partial charge in [0.2, 0.25) is 0 Å². The summed E-state index contributed by atoms with van der Waals surface area (Å²) in [6, 6.07) is 2.91. The number of hydrogen-bond donors (Lipinski definition) is 0. The monoisotopic (exact) mass is 229 g/mol. The van der Waals surface area contributed by atoms with E-state index in [0.29, 0.717) is 17.2 Å². The van der Waals surface area contributed by atoms with Crippen LogP contribution in [0.5, 0.6) is 5.75 Å². The topological polar surface area (TPSA) is 52.4 Å². The normalized spacial score (nSPS) is 10.1. The first-order chi connectivity index (χ1) is 7.06. The molecule has 4 nitrogen and oxygen atoms in total. The van der Waals surface area contributed by atoms with Crippen molar-refractivity contribution in [3.05, 3.63) is 32.8 Å². The van der Waals surface area contributed by atoms with Gasteiger partial charge in [0, 0.05) is 17.2 Å². The van der Waals surface area contributed by atoms with Gasteiger partial charge in [0.05, 0.1) is 11.5 Å². The zero-order chi connectivity index (χ0) is 11.4. The van der Waals surface area contributed by atoms with Crippen molar-refractivity contribution in [1.29, 1.82) is 0 Å². The predicted molar refractivity (Wildman–Crippen MR) is 58.6 cm³/mol. The van der Waals surface area contributed by atoms with Crippen LogP contribution in [0, 0.1) is 17.0 Å². The van der Waals surface area contributed by atoms with E-state index < -0.39 is 4.92 Å². The summed E-state index contributed by atoms with van der Waals surface area (Å²) in [6.45, 7) is 4.10. The Kier molecular flexibility index (Phi) is 3.91. The van der Waals surface area contributed by atoms with Crippen molar-refractivity contribution in [2.45, 2.75) is 20.3 Å². The molecule has 0 aliphatic heterocycles. The number of nitrogens with zero attached hydrogens (tertiary/aromatic N) is 1. The first-order valence-corrected chi connectivity index (χ1v) is 5.01. The summed E-state index contributed by atoms with van der Waals surface area (Å²) >= 11 is 5.87. The molecule has 0 N–H and O–H groups in total. The molecule has 0 saturated carbocycles. The second-order valence-electron chi connectivity index (χ2n) is 3.17. The van der Waals surface area contributed by atoms with Crippen LogP contribution in [0.4, 0.5) is 5.69 Å². The number of rotatable bonds is 4. The maximum absolute atomic E-state index is 10.7. The summed E-state index contributed by atoms with van der Waals surface area (Å²) in [5.41, 5.74) is 0.637. The second kappa shape index (κ2) is 4.98. The Labute approximate surface area is 93.0 Å². The molecule has 0 spiro atoms. The molecular formula is C10H12ClNO3. The number of nitro benzene ring substituents is 1. The lowest BCUT2D eigenvalue weighted by molar-refractivity contribution is -0.385. The van der Waals surface area contributed by atoms with E-state index in [1.54, 1.807) is 6.92 Å². The van der Waals surface area contributed by atoms with Gasteiger partial charge < -0.3 is 4.74 Å². The van der Waals surface area contributed by atoms with Crippen molar-refractivity contribution in [3.8, 4) is 5.75 Å². The fourth-order valence-electron chi connectivity index (χ4n) is 1.12. The number of benzene rings is 1. The van der Waals surface area contributed by atoms with Crippen LogP contribution in [0.1, 0.15) is 18.9 Å². The fraction of sp³-hybridized carbons (Fsp3) is 0.400. The molecular weight excluding hydrogens is 218 g/mol. The van der Waals surface area contributed by atoms with Crippen LogP contribution in [0.25, 0.3) is 0 Å². The SMILES string of the molecule is CCCOc1cc(Cl)c(C)cc1[N+](=O)[O-]. The summed E-state index contributed by atoms with van der Waals surface area (Å²) < 4.78 is 5.26. The number of halogens is 1. The van der Waals surface area contributed by atoms with Crippen molar-refractivity contribution < 1.29 is 9.66 Å². The Morgan fingerprint density at radius 3 is 2.73 bits per heavy atom. The van der Waals surface area contributed by atoms with E-state index in [1.165, 1.54) is 12.1 Å². The highest BCUT2D eigenvalue weighted by atomic mass is 35.5. The number of hydrogen-bond acceptors (Lipinski definition) is 3. The Bertz CT molecular complexity index is 379. The van der Waals surface area contributed by atoms with E-state index in [-0.39, 0.29) is 11.4 Å². The molecule has 82 valence electrons. The smallest absolute Gasteiger partial charge is 0.311 e. The van der Waals surface area contributed by atoms with Crippen molar-refractivity contribution in [3.63, 3.8) is 0 Å². The van der Waals surface area contributed by atoms with Crippen molar-refractivity contribution in [2.24, 2.45) is 0 Å². The molecule has 0 saturated heterocycles. The summed E-state index contributed by atoms with van der Waals surface area (Å²) in [5.74, 6) is 0.234. The zero-order valence-corrected chi connectivity index (χ0v) is 9.37. The molecule has 1 rings (SSSR count). The third-order valence-corrected chi connectivity index (χ3v) is 2.31. The molecule has 0 amide bonds. The van der Waals surface area contributed by atoms with Crippen LogP contribution in [0.2, 0.25) is 5.02 Å². The fourth-order valence-corrected chi connectivity index (χ4v) is 1.27. The van der Waals surface area contributed by atoms with E-state index >= 15 is 0 Å². The minimum Gasteiger partial charge on any atom is -0.487 e. The Balaban J connectivity index is 3.10. The van der Waals surface area contributed by atoms with E-state index in [2.05, 4.69) is 0 Å². The molecule has 0 aromatic heterocycles. The van der Waals surface area contributed by atoms with Gasteiger partial charge in [-0.05, 0) is 18.9 Å². The largest absolute Gasteiger partial charge is 0.487 e. The molecule has 0 heterocycles. The quantitative estimate of drug-likeness (QED) is 0.588. The third kappa shape index (κ3) is 2.83. The van der Waals surface area contributed by atoms with Crippen molar-refractivity contribution in [1.82, 2.24) is 0 Å². The summed E-state index contributed by atoms with van der Waals surface area (Å²) in [4.78, 5) is 10.3. The Hall–Kier alpha value is -1.29. The highest BCUT2D eigenvalue weighted by Gasteiger charge is 2.17. The zero-order valence-electron chi connectivity index (χ0n) is 8.62. The molecule has 0 atom stereocenters. The minimum atomic E-state index is -0.464. The van der Waals surface area contributed by atoms with Gasteiger partial charge in [0.1, 0.15) is 0 Å². The average Bonchev–Trinajstić information content (AvgIpc) is 2.19. The first-order valence-electron chi connectivity index (χ1n) is 4.63. The van der Waals surface area contributed by atoms with Crippen molar-refractivity contribution >= 4 is 17.3 Å². The van der Waals surface area contributed by atoms with E-state index in [0.717, 1.165) is 6.42 Å². The summed E-state index contributed by atoms with van der Waals surface area (Å²) in [7, 11) is 0. The minimum absolute atomic E-state index is 0.0367. The molecule has 5 heteroatoms. The third-order valence-electron chi connectivity index (χ3n) is 1.90. The van der Waals surface area contributed by atoms with Gasteiger partial charge in [0.25, 0.3) is 0 Å². The molecule has 1 aromatic rings.